The van der Waals surface area contributed by atoms with Gasteiger partial charge in [-0.15, -0.1) is 0 Å². The van der Waals surface area contributed by atoms with Crippen molar-refractivity contribution in [2.75, 3.05) is 0 Å². The van der Waals surface area contributed by atoms with Crippen LogP contribution in [0, 0.1) is 6.92 Å². The van der Waals surface area contributed by atoms with E-state index in [4.69, 9.17) is 15.0 Å². The molecule has 146 valence electrons. The van der Waals surface area contributed by atoms with Crippen molar-refractivity contribution >= 4 is 28.4 Å². The van der Waals surface area contributed by atoms with Crippen molar-refractivity contribution in [3.8, 4) is 0 Å². The highest BCUT2D eigenvalue weighted by molar-refractivity contribution is 6.19. The summed E-state index contributed by atoms with van der Waals surface area (Å²) >= 11 is 0. The Morgan fingerprint density at radius 1 is 0.548 bits per heavy atom. The molecule has 5 aliphatic heterocycles. The van der Waals surface area contributed by atoms with Crippen LogP contribution in [0.3, 0.4) is 0 Å². The van der Waals surface area contributed by atoms with Gasteiger partial charge in [0, 0.05) is 5.57 Å². The van der Waals surface area contributed by atoms with E-state index in [1.54, 1.807) is 0 Å². The molecule has 0 spiro atoms. The molecule has 4 heteroatoms. The molecule has 0 saturated carbocycles. The summed E-state index contributed by atoms with van der Waals surface area (Å²) in [5, 5.41) is 0. The Balaban J connectivity index is 1.51. The third-order valence-corrected chi connectivity index (χ3v) is 5.37. The summed E-state index contributed by atoms with van der Waals surface area (Å²) in [6.07, 6.45) is 22.2. The molecular weight excluding hydrogens is 380 g/mol. The molecule has 8 bridgehead atoms. The number of fused-ring (bicyclic) bond motifs is 4. The number of rotatable bonds is 1. The van der Waals surface area contributed by atoms with E-state index in [9.17, 15) is 0 Å². The van der Waals surface area contributed by atoms with Gasteiger partial charge in [0.1, 0.15) is 0 Å². The largest absolute Gasteiger partial charge is 0.249 e. The van der Waals surface area contributed by atoms with Crippen LogP contribution in [0.15, 0.2) is 134 Å². The minimum absolute atomic E-state index is 0.879. The second kappa shape index (κ2) is 6.96. The van der Waals surface area contributed by atoms with Crippen LogP contribution in [0.4, 0.5) is 0 Å². The van der Waals surface area contributed by atoms with Crippen molar-refractivity contribution < 1.29 is 0 Å². The van der Waals surface area contributed by atoms with Gasteiger partial charge < -0.3 is 0 Å². The quantitative estimate of drug-likeness (QED) is 0.607. The average Bonchev–Trinajstić information content (AvgIpc) is 3.53. The van der Waals surface area contributed by atoms with Gasteiger partial charge in [-0.3, -0.25) is 0 Å². The molecule has 0 radical (unpaired) electrons. The molecule has 0 aromatic heterocycles. The summed E-state index contributed by atoms with van der Waals surface area (Å²) in [5.41, 5.74) is 10.5. The van der Waals surface area contributed by atoms with Gasteiger partial charge in [0.2, 0.25) is 0 Å². The molecule has 0 amide bonds. The fourth-order valence-electron chi connectivity index (χ4n) is 3.94. The van der Waals surface area contributed by atoms with Gasteiger partial charge in [-0.2, -0.15) is 0 Å². The number of nitrogens with zero attached hydrogens (tertiary/aromatic N) is 4. The summed E-state index contributed by atoms with van der Waals surface area (Å²) in [7, 11) is 0. The van der Waals surface area contributed by atoms with Gasteiger partial charge in [-0.05, 0) is 79.3 Å². The Morgan fingerprint density at radius 3 is 1.74 bits per heavy atom. The predicted molar refractivity (Wildman–Crippen MR) is 129 cm³/mol. The van der Waals surface area contributed by atoms with Gasteiger partial charge in [0.25, 0.3) is 0 Å². The van der Waals surface area contributed by atoms with Crippen LogP contribution >= 0.6 is 0 Å². The summed E-state index contributed by atoms with van der Waals surface area (Å²) in [6.45, 7) is 2.10. The molecule has 5 heterocycles. The molecule has 0 saturated heterocycles. The van der Waals surface area contributed by atoms with Crippen LogP contribution in [-0.4, -0.2) is 22.8 Å². The first-order valence-electron chi connectivity index (χ1n) is 10.2. The first-order valence-corrected chi connectivity index (χ1v) is 10.2. The van der Waals surface area contributed by atoms with Crippen LogP contribution in [0.25, 0.3) is 5.57 Å². The van der Waals surface area contributed by atoms with Crippen molar-refractivity contribution in [3.05, 3.63) is 125 Å². The smallest absolute Gasteiger partial charge is 0.0737 e. The lowest BCUT2D eigenvalue weighted by atomic mass is 10.0. The van der Waals surface area contributed by atoms with Crippen molar-refractivity contribution in [1.29, 1.82) is 0 Å². The minimum Gasteiger partial charge on any atom is -0.249 e. The third-order valence-electron chi connectivity index (χ3n) is 5.37. The zero-order valence-electron chi connectivity index (χ0n) is 16.9. The van der Waals surface area contributed by atoms with Gasteiger partial charge in [0.15, 0.2) is 0 Å². The molecule has 0 unspecified atom stereocenters. The highest BCUT2D eigenvalue weighted by Crippen LogP contribution is 2.31. The Labute approximate surface area is 180 Å². The second-order valence-electron chi connectivity index (χ2n) is 7.81. The first-order chi connectivity index (χ1) is 15.2. The standard InChI is InChI=1S/C27H18N4/c1-17-3-2-4-18(11-17)26-15-25-14-23-8-7-21(29-23)12-19-5-6-20(28-19)13-22-9-10-24(30-22)16-27(26)31-25/h2-16H,1H3. The monoisotopic (exact) mass is 398 g/mol. The normalized spacial score (nSPS) is 20.5. The predicted octanol–water partition coefficient (Wildman–Crippen LogP) is 5.41. The molecular formula is C27H18N4. The second-order valence-corrected chi connectivity index (χ2v) is 7.81. The zero-order chi connectivity index (χ0) is 20.8. The van der Waals surface area contributed by atoms with E-state index in [-0.39, 0.29) is 0 Å². The van der Waals surface area contributed by atoms with Crippen LogP contribution in [0.2, 0.25) is 0 Å². The molecule has 0 N–H and O–H groups in total. The topological polar surface area (TPSA) is 49.4 Å². The highest BCUT2D eigenvalue weighted by Gasteiger charge is 2.18. The lowest BCUT2D eigenvalue weighted by Crippen LogP contribution is -1.91. The molecule has 1 aromatic rings. The maximum Gasteiger partial charge on any atom is 0.0737 e. The van der Waals surface area contributed by atoms with E-state index >= 15 is 0 Å². The van der Waals surface area contributed by atoms with Crippen molar-refractivity contribution in [2.24, 2.45) is 20.0 Å². The molecule has 0 fully saturated rings. The van der Waals surface area contributed by atoms with E-state index < -0.39 is 0 Å². The lowest BCUT2D eigenvalue weighted by Gasteiger charge is -2.05. The molecule has 6 rings (SSSR count). The summed E-state index contributed by atoms with van der Waals surface area (Å²) in [5.74, 6) is 0. The number of benzene rings is 1. The van der Waals surface area contributed by atoms with Gasteiger partial charge in [-0.1, -0.05) is 29.8 Å². The number of aliphatic imine (C=N–C) groups is 4. The third kappa shape index (κ3) is 3.49. The van der Waals surface area contributed by atoms with Crippen LogP contribution in [0.1, 0.15) is 11.1 Å². The van der Waals surface area contributed by atoms with E-state index in [2.05, 4.69) is 42.3 Å². The molecule has 31 heavy (non-hydrogen) atoms. The fraction of sp³-hybridized carbons (Fsp3) is 0.0370. The summed E-state index contributed by atoms with van der Waals surface area (Å²) < 4.78 is 0. The number of hydrogen-bond acceptors (Lipinski definition) is 4. The van der Waals surface area contributed by atoms with Crippen LogP contribution in [-0.2, 0) is 0 Å². The molecule has 4 nitrogen and oxygen atoms in total. The molecule has 5 aliphatic rings. The van der Waals surface area contributed by atoms with Crippen molar-refractivity contribution in [1.82, 2.24) is 0 Å². The first kappa shape index (κ1) is 17.7. The Bertz CT molecular complexity index is 1410. The Morgan fingerprint density at radius 2 is 1.13 bits per heavy atom. The zero-order valence-corrected chi connectivity index (χ0v) is 16.9. The number of hydrogen-bond donors (Lipinski definition) is 0. The molecule has 0 atom stereocenters. The van der Waals surface area contributed by atoms with E-state index in [1.165, 1.54) is 5.56 Å². The average molecular weight is 398 g/mol. The molecule has 0 aliphatic carbocycles. The van der Waals surface area contributed by atoms with Crippen LogP contribution in [0.5, 0.6) is 0 Å². The van der Waals surface area contributed by atoms with E-state index in [0.717, 1.165) is 56.8 Å². The Kier molecular flexibility index (Phi) is 3.96. The van der Waals surface area contributed by atoms with Crippen molar-refractivity contribution in [2.45, 2.75) is 6.92 Å². The maximum atomic E-state index is 4.90. The number of aryl methyl sites for hydroxylation is 1. The minimum atomic E-state index is 0.879. The SMILES string of the molecule is Cc1cccc(C2=CC3=NC2=CC2=NC(=CC4=NC(=CC5=NC(=C3)C=C5)C=C4)C=C2)c1. The van der Waals surface area contributed by atoms with Gasteiger partial charge >= 0.3 is 0 Å². The fourth-order valence-corrected chi connectivity index (χ4v) is 3.94. The van der Waals surface area contributed by atoms with Gasteiger partial charge in [-0.25, -0.2) is 20.0 Å². The highest BCUT2D eigenvalue weighted by atomic mass is 14.8. The number of allylic oxidation sites excluding steroid dienone is 12. The van der Waals surface area contributed by atoms with Gasteiger partial charge in [0.05, 0.1) is 45.6 Å². The van der Waals surface area contributed by atoms with E-state index in [1.807, 2.05) is 60.8 Å². The molecule has 1 aromatic carbocycles. The van der Waals surface area contributed by atoms with E-state index in [0.29, 0.717) is 0 Å². The van der Waals surface area contributed by atoms with Crippen molar-refractivity contribution in [3.63, 3.8) is 0 Å². The maximum absolute atomic E-state index is 4.90. The summed E-state index contributed by atoms with van der Waals surface area (Å²) in [6, 6.07) is 8.49. The van der Waals surface area contributed by atoms with Crippen LogP contribution < -0.4 is 0 Å². The lowest BCUT2D eigenvalue weighted by molar-refractivity contribution is 1.40. The summed E-state index contributed by atoms with van der Waals surface area (Å²) in [4.78, 5) is 19.0. The Hall–Kier alpha value is -4.18.